The number of halogens is 1. The molecule has 33 heavy (non-hydrogen) atoms. The van der Waals surface area contributed by atoms with E-state index in [9.17, 15) is 9.59 Å². The van der Waals surface area contributed by atoms with Crippen LogP contribution in [0.5, 0.6) is 11.5 Å². The van der Waals surface area contributed by atoms with Crippen LogP contribution in [-0.4, -0.2) is 25.1 Å². The highest BCUT2D eigenvalue weighted by Crippen LogP contribution is 2.17. The van der Waals surface area contributed by atoms with Crippen LogP contribution in [0.1, 0.15) is 18.1 Å². The standard InChI is InChI=1S/C26H24ClNO5/c1-2-31-23-14-10-22(11-15-23)28-25(29)18-33-26(30)16-7-19-5-12-24(13-6-19)32-17-20-3-8-21(27)9-4-20/h3-16H,2,17-18H2,1H3,(H,28,29). The third-order valence-electron chi connectivity index (χ3n) is 4.41. The van der Waals surface area contributed by atoms with Gasteiger partial charge in [0.2, 0.25) is 0 Å². The topological polar surface area (TPSA) is 73.9 Å². The molecular formula is C26H24ClNO5. The van der Waals surface area contributed by atoms with Crippen molar-refractivity contribution in [2.24, 2.45) is 0 Å². The summed E-state index contributed by atoms with van der Waals surface area (Å²) in [5, 5.41) is 3.34. The number of hydrogen-bond donors (Lipinski definition) is 1. The number of hydrogen-bond acceptors (Lipinski definition) is 5. The van der Waals surface area contributed by atoms with Crippen molar-refractivity contribution in [2.75, 3.05) is 18.5 Å². The van der Waals surface area contributed by atoms with Gasteiger partial charge in [0.15, 0.2) is 6.61 Å². The number of amides is 1. The average molecular weight is 466 g/mol. The van der Waals surface area contributed by atoms with E-state index in [4.69, 9.17) is 25.8 Å². The lowest BCUT2D eigenvalue weighted by Crippen LogP contribution is -2.20. The van der Waals surface area contributed by atoms with Gasteiger partial charge in [-0.3, -0.25) is 4.79 Å². The predicted octanol–water partition coefficient (Wildman–Crippen LogP) is 5.51. The molecule has 0 saturated carbocycles. The fraction of sp³-hybridized carbons (Fsp3) is 0.154. The van der Waals surface area contributed by atoms with Crippen molar-refractivity contribution >= 4 is 35.2 Å². The molecule has 1 N–H and O–H groups in total. The Kier molecular flexibility index (Phi) is 8.91. The summed E-state index contributed by atoms with van der Waals surface area (Å²) in [6, 6.07) is 21.6. The van der Waals surface area contributed by atoms with Gasteiger partial charge in [0.1, 0.15) is 18.1 Å². The molecule has 0 aliphatic rings. The zero-order chi connectivity index (χ0) is 23.5. The first kappa shape index (κ1) is 23.9. The number of anilines is 1. The minimum absolute atomic E-state index is 0.381. The van der Waals surface area contributed by atoms with E-state index in [1.54, 1.807) is 30.3 Å². The number of carbonyl (C=O) groups is 2. The Morgan fingerprint density at radius 2 is 1.52 bits per heavy atom. The molecule has 170 valence electrons. The first-order valence-electron chi connectivity index (χ1n) is 10.4. The molecule has 0 aliphatic heterocycles. The van der Waals surface area contributed by atoms with Crippen LogP contribution >= 0.6 is 11.6 Å². The Morgan fingerprint density at radius 1 is 0.879 bits per heavy atom. The molecule has 6 nitrogen and oxygen atoms in total. The van der Waals surface area contributed by atoms with E-state index in [0.717, 1.165) is 11.1 Å². The van der Waals surface area contributed by atoms with Gasteiger partial charge < -0.3 is 19.5 Å². The fourth-order valence-electron chi connectivity index (χ4n) is 2.77. The summed E-state index contributed by atoms with van der Waals surface area (Å²) in [6.45, 7) is 2.51. The molecule has 0 radical (unpaired) electrons. The molecule has 0 aliphatic carbocycles. The minimum atomic E-state index is -0.611. The quantitative estimate of drug-likeness (QED) is 0.315. The summed E-state index contributed by atoms with van der Waals surface area (Å²) in [6.07, 6.45) is 2.88. The molecule has 3 aromatic carbocycles. The van der Waals surface area contributed by atoms with Crippen LogP contribution in [0.25, 0.3) is 6.08 Å². The van der Waals surface area contributed by atoms with Crippen molar-refractivity contribution < 1.29 is 23.8 Å². The van der Waals surface area contributed by atoms with Crippen molar-refractivity contribution in [1.82, 2.24) is 0 Å². The van der Waals surface area contributed by atoms with Gasteiger partial charge in [-0.25, -0.2) is 4.79 Å². The second-order valence-corrected chi connectivity index (χ2v) is 7.37. The SMILES string of the molecule is CCOc1ccc(NC(=O)COC(=O)C=Cc2ccc(OCc3ccc(Cl)cc3)cc2)cc1. The van der Waals surface area contributed by atoms with Crippen LogP contribution in [0, 0.1) is 0 Å². The van der Waals surface area contributed by atoms with Crippen LogP contribution in [-0.2, 0) is 20.9 Å². The van der Waals surface area contributed by atoms with E-state index in [1.165, 1.54) is 6.08 Å². The lowest BCUT2D eigenvalue weighted by molar-refractivity contribution is -0.142. The van der Waals surface area contributed by atoms with Gasteiger partial charge in [0, 0.05) is 16.8 Å². The summed E-state index contributed by atoms with van der Waals surface area (Å²) in [7, 11) is 0. The maximum atomic E-state index is 12.0. The van der Waals surface area contributed by atoms with Gasteiger partial charge in [-0.05, 0) is 72.7 Å². The lowest BCUT2D eigenvalue weighted by atomic mass is 10.2. The van der Waals surface area contributed by atoms with Crippen molar-refractivity contribution in [3.8, 4) is 11.5 Å². The monoisotopic (exact) mass is 465 g/mol. The van der Waals surface area contributed by atoms with Crippen LogP contribution in [0.15, 0.2) is 78.9 Å². The van der Waals surface area contributed by atoms with E-state index in [2.05, 4.69) is 5.32 Å². The number of benzene rings is 3. The highest BCUT2D eigenvalue weighted by atomic mass is 35.5. The van der Waals surface area contributed by atoms with E-state index in [-0.39, 0.29) is 6.61 Å². The van der Waals surface area contributed by atoms with Crippen molar-refractivity contribution in [3.63, 3.8) is 0 Å². The highest BCUT2D eigenvalue weighted by molar-refractivity contribution is 6.30. The molecule has 0 unspecified atom stereocenters. The average Bonchev–Trinajstić information content (AvgIpc) is 2.83. The Labute approximate surface area is 197 Å². The van der Waals surface area contributed by atoms with E-state index >= 15 is 0 Å². The fourth-order valence-corrected chi connectivity index (χ4v) is 2.90. The molecule has 0 spiro atoms. The molecule has 3 aromatic rings. The highest BCUT2D eigenvalue weighted by Gasteiger charge is 2.06. The van der Waals surface area contributed by atoms with Gasteiger partial charge in [-0.15, -0.1) is 0 Å². The lowest BCUT2D eigenvalue weighted by Gasteiger charge is -2.07. The molecule has 1 amide bonds. The number of carbonyl (C=O) groups excluding carboxylic acids is 2. The molecule has 0 atom stereocenters. The number of rotatable bonds is 10. The molecule has 0 aromatic heterocycles. The number of ether oxygens (including phenoxy) is 3. The largest absolute Gasteiger partial charge is 0.494 e. The van der Waals surface area contributed by atoms with Gasteiger partial charge in [0.05, 0.1) is 6.61 Å². The maximum Gasteiger partial charge on any atom is 0.331 e. The first-order chi connectivity index (χ1) is 16.0. The number of nitrogens with one attached hydrogen (secondary N) is 1. The van der Waals surface area contributed by atoms with Crippen LogP contribution in [0.2, 0.25) is 5.02 Å². The molecule has 0 bridgehead atoms. The van der Waals surface area contributed by atoms with Crippen LogP contribution in [0.3, 0.4) is 0 Å². The molecule has 0 fully saturated rings. The Balaban J connectivity index is 1.40. The second kappa shape index (κ2) is 12.3. The Hall–Kier alpha value is -3.77. The molecular weight excluding hydrogens is 442 g/mol. The summed E-state index contributed by atoms with van der Waals surface area (Å²) in [5.74, 6) is 0.381. The summed E-state index contributed by atoms with van der Waals surface area (Å²) >= 11 is 5.88. The predicted molar refractivity (Wildman–Crippen MR) is 128 cm³/mol. The zero-order valence-electron chi connectivity index (χ0n) is 18.1. The molecule has 0 saturated heterocycles. The molecule has 3 rings (SSSR count). The summed E-state index contributed by atoms with van der Waals surface area (Å²) in [5.41, 5.74) is 2.40. The van der Waals surface area contributed by atoms with Gasteiger partial charge >= 0.3 is 5.97 Å². The Bertz CT molecular complexity index is 1080. The molecule has 7 heteroatoms. The summed E-state index contributed by atoms with van der Waals surface area (Å²) < 4.78 is 16.1. The third-order valence-corrected chi connectivity index (χ3v) is 4.66. The minimum Gasteiger partial charge on any atom is -0.494 e. The van der Waals surface area contributed by atoms with E-state index in [0.29, 0.717) is 35.4 Å². The van der Waals surface area contributed by atoms with Crippen LogP contribution in [0.4, 0.5) is 5.69 Å². The van der Waals surface area contributed by atoms with E-state index in [1.807, 2.05) is 55.5 Å². The van der Waals surface area contributed by atoms with Crippen molar-refractivity contribution in [1.29, 1.82) is 0 Å². The van der Waals surface area contributed by atoms with Gasteiger partial charge in [0.25, 0.3) is 5.91 Å². The van der Waals surface area contributed by atoms with Crippen LogP contribution < -0.4 is 14.8 Å². The molecule has 0 heterocycles. The Morgan fingerprint density at radius 3 is 2.18 bits per heavy atom. The maximum absolute atomic E-state index is 12.0. The van der Waals surface area contributed by atoms with Gasteiger partial charge in [-0.2, -0.15) is 0 Å². The normalized spacial score (nSPS) is 10.6. The smallest absolute Gasteiger partial charge is 0.331 e. The zero-order valence-corrected chi connectivity index (χ0v) is 18.9. The van der Waals surface area contributed by atoms with Crippen molar-refractivity contribution in [2.45, 2.75) is 13.5 Å². The first-order valence-corrected chi connectivity index (χ1v) is 10.7. The van der Waals surface area contributed by atoms with Crippen molar-refractivity contribution in [3.05, 3.63) is 95.0 Å². The second-order valence-electron chi connectivity index (χ2n) is 6.93. The number of esters is 1. The van der Waals surface area contributed by atoms with E-state index < -0.39 is 11.9 Å². The van der Waals surface area contributed by atoms with Gasteiger partial charge in [-0.1, -0.05) is 35.9 Å². The summed E-state index contributed by atoms with van der Waals surface area (Å²) in [4.78, 5) is 23.9. The third kappa shape index (κ3) is 8.35.